The second kappa shape index (κ2) is 11.7. The van der Waals surface area contributed by atoms with Gasteiger partial charge in [0.05, 0.1) is 18.2 Å². The fourth-order valence-corrected chi connectivity index (χ4v) is 5.43. The molecule has 3 aliphatic rings. The molecule has 0 radical (unpaired) electrons. The van der Waals surface area contributed by atoms with Crippen LogP contribution in [0.3, 0.4) is 0 Å². The molecular weight excluding hydrogens is 496 g/mol. The Morgan fingerprint density at radius 2 is 1.82 bits per heavy atom. The van der Waals surface area contributed by atoms with Gasteiger partial charge in [-0.3, -0.25) is 14.5 Å². The van der Waals surface area contributed by atoms with Crippen LogP contribution < -0.4 is 9.47 Å². The average molecular weight is 530 g/mol. The van der Waals surface area contributed by atoms with Crippen LogP contribution in [0.4, 0.5) is 8.78 Å². The second-order valence-corrected chi connectivity index (χ2v) is 10.1. The molecule has 0 spiro atoms. The molecule has 0 aliphatic carbocycles. The molecule has 5 rings (SSSR count). The first kappa shape index (κ1) is 26.4. The van der Waals surface area contributed by atoms with Crippen LogP contribution in [0.5, 0.6) is 11.5 Å². The van der Waals surface area contributed by atoms with Crippen LogP contribution in [-0.4, -0.2) is 96.1 Å². The molecule has 204 valence electrons. The Kier molecular flexibility index (Phi) is 8.09. The summed E-state index contributed by atoms with van der Waals surface area (Å²) in [5.74, 6) is -0.404. The average Bonchev–Trinajstić information content (AvgIpc) is 3.06. The van der Waals surface area contributed by atoms with Crippen molar-refractivity contribution in [2.75, 3.05) is 45.9 Å². The molecule has 38 heavy (non-hydrogen) atoms. The Labute approximate surface area is 220 Å². The van der Waals surface area contributed by atoms with Gasteiger partial charge < -0.3 is 24.4 Å². The molecule has 3 aliphatic heterocycles. The van der Waals surface area contributed by atoms with E-state index >= 15 is 0 Å². The Morgan fingerprint density at radius 3 is 2.58 bits per heavy atom. The van der Waals surface area contributed by atoms with Gasteiger partial charge in [0.1, 0.15) is 24.2 Å². The van der Waals surface area contributed by atoms with Gasteiger partial charge in [0, 0.05) is 58.2 Å². The highest BCUT2D eigenvalue weighted by Gasteiger charge is 2.30. The van der Waals surface area contributed by atoms with Gasteiger partial charge in [-0.2, -0.15) is 8.78 Å². The van der Waals surface area contributed by atoms with Crippen LogP contribution in [0.2, 0.25) is 0 Å². The highest BCUT2D eigenvalue weighted by atomic mass is 19.3. The fourth-order valence-electron chi connectivity index (χ4n) is 5.43. The predicted molar refractivity (Wildman–Crippen MR) is 136 cm³/mol. The summed E-state index contributed by atoms with van der Waals surface area (Å²) in [6.07, 6.45) is -2.05. The zero-order valence-corrected chi connectivity index (χ0v) is 21.2. The zero-order valence-electron chi connectivity index (χ0n) is 21.2. The Hall–Kier alpha value is -3.24. The van der Waals surface area contributed by atoms with Crippen LogP contribution in [-0.2, 0) is 17.8 Å². The number of β-amino-alcohol motifs (C(OH)–C–C–N with tert-alkyl or cyclic N) is 1. The largest absolute Gasteiger partial charge is 0.491 e. The number of aliphatic hydroxyl groups is 1. The summed E-state index contributed by atoms with van der Waals surface area (Å²) in [5.41, 5.74) is 3.04. The van der Waals surface area contributed by atoms with Crippen molar-refractivity contribution in [1.29, 1.82) is 0 Å². The van der Waals surface area contributed by atoms with Crippen molar-refractivity contribution in [2.24, 2.45) is 0 Å². The topological polar surface area (TPSA) is 82.5 Å². The number of carbonyl (C=O) groups is 2. The van der Waals surface area contributed by atoms with Gasteiger partial charge in [0.15, 0.2) is 0 Å². The van der Waals surface area contributed by atoms with Gasteiger partial charge in [-0.1, -0.05) is 24.3 Å². The van der Waals surface area contributed by atoms with E-state index < -0.39 is 18.4 Å². The van der Waals surface area contributed by atoms with Crippen molar-refractivity contribution in [3.05, 3.63) is 59.2 Å². The number of halogens is 2. The maximum atomic E-state index is 13.3. The third kappa shape index (κ3) is 6.07. The summed E-state index contributed by atoms with van der Waals surface area (Å²) >= 11 is 0. The first-order valence-electron chi connectivity index (χ1n) is 13.1. The summed E-state index contributed by atoms with van der Waals surface area (Å²) in [5, 5.41) is 10.8. The van der Waals surface area contributed by atoms with Crippen LogP contribution in [0.1, 0.15) is 34.3 Å². The quantitative estimate of drug-likeness (QED) is 0.594. The lowest BCUT2D eigenvalue weighted by molar-refractivity contribution is -0.144. The minimum Gasteiger partial charge on any atom is -0.491 e. The van der Waals surface area contributed by atoms with Gasteiger partial charge in [-0.05, 0) is 29.7 Å². The van der Waals surface area contributed by atoms with Crippen molar-refractivity contribution in [1.82, 2.24) is 14.7 Å². The van der Waals surface area contributed by atoms with E-state index in [0.717, 1.165) is 24.4 Å². The van der Waals surface area contributed by atoms with E-state index in [9.17, 15) is 23.5 Å². The van der Waals surface area contributed by atoms with Gasteiger partial charge in [0.25, 0.3) is 11.8 Å². The summed E-state index contributed by atoms with van der Waals surface area (Å²) in [7, 11) is 0. The number of ether oxygens (including phenoxy) is 2. The first-order chi connectivity index (χ1) is 18.4. The number of hydrogen-bond acceptors (Lipinski definition) is 6. The van der Waals surface area contributed by atoms with Crippen molar-refractivity contribution in [2.45, 2.75) is 44.4 Å². The highest BCUT2D eigenvalue weighted by molar-refractivity contribution is 5.97. The molecule has 0 aromatic heterocycles. The number of nitrogens with zero attached hydrogens (tertiary/aromatic N) is 3. The molecule has 0 bridgehead atoms. The third-order valence-electron chi connectivity index (χ3n) is 7.44. The van der Waals surface area contributed by atoms with E-state index in [1.54, 1.807) is 23.1 Å². The van der Waals surface area contributed by atoms with Gasteiger partial charge in [-0.25, -0.2) is 0 Å². The monoisotopic (exact) mass is 529 g/mol. The van der Waals surface area contributed by atoms with E-state index in [1.807, 2.05) is 6.07 Å². The molecule has 8 nitrogen and oxygen atoms in total. The van der Waals surface area contributed by atoms with E-state index in [-0.39, 0.29) is 31.6 Å². The third-order valence-corrected chi connectivity index (χ3v) is 7.44. The molecule has 3 heterocycles. The van der Waals surface area contributed by atoms with E-state index in [4.69, 9.17) is 9.47 Å². The van der Waals surface area contributed by atoms with Crippen molar-refractivity contribution < 1.29 is 33.0 Å². The fraction of sp³-hybridized carbons (Fsp3) is 0.500. The van der Waals surface area contributed by atoms with Gasteiger partial charge in [-0.15, -0.1) is 0 Å². The van der Waals surface area contributed by atoms with Crippen LogP contribution in [0.15, 0.2) is 42.5 Å². The van der Waals surface area contributed by atoms with Crippen LogP contribution >= 0.6 is 0 Å². The summed E-state index contributed by atoms with van der Waals surface area (Å²) < 4.78 is 37.2. The number of carbonyl (C=O) groups excluding carboxylic acids is 2. The Balaban J connectivity index is 1.15. The minimum atomic E-state index is -2.99. The van der Waals surface area contributed by atoms with Crippen molar-refractivity contribution >= 4 is 11.8 Å². The molecule has 1 fully saturated rings. The molecule has 1 atom stereocenters. The number of alkyl halides is 2. The molecule has 0 saturated carbocycles. The lowest BCUT2D eigenvalue weighted by Gasteiger charge is -2.32. The summed E-state index contributed by atoms with van der Waals surface area (Å²) in [4.78, 5) is 29.8. The Bertz CT molecular complexity index is 1160. The molecule has 2 amide bonds. The maximum Gasteiger partial charge on any atom is 0.315 e. The molecule has 2 aromatic carbocycles. The summed E-state index contributed by atoms with van der Waals surface area (Å²) in [6.45, 7) is 3.45. The van der Waals surface area contributed by atoms with E-state index in [2.05, 4.69) is 23.1 Å². The number of aliphatic hydroxyl groups excluding tert-OH is 1. The van der Waals surface area contributed by atoms with Crippen molar-refractivity contribution in [3.63, 3.8) is 0 Å². The molecular formula is C28H33F2N3O5. The molecule has 0 unspecified atom stereocenters. The summed E-state index contributed by atoms with van der Waals surface area (Å²) in [6, 6.07) is 13.4. The lowest BCUT2D eigenvalue weighted by atomic mass is 10.00. The van der Waals surface area contributed by atoms with Crippen LogP contribution in [0.25, 0.3) is 0 Å². The van der Waals surface area contributed by atoms with Gasteiger partial charge in [0.2, 0.25) is 0 Å². The standard InChI is InChI=1S/C28H33F2N3O5/c29-26(30)28(36)32-11-8-22(9-12-32)38-23-5-6-24-25(15-23)37-14-13-33(27(24)35)18-21(34)17-31-10-7-19-3-1-2-4-20(19)16-31/h1-6,15,21-22,26,34H,7-14,16-18H2/t21-/m1/s1. The maximum absolute atomic E-state index is 13.3. The zero-order chi connectivity index (χ0) is 26.6. The molecule has 1 saturated heterocycles. The number of amides is 2. The second-order valence-electron chi connectivity index (χ2n) is 10.1. The predicted octanol–water partition coefficient (Wildman–Crippen LogP) is 2.58. The number of fused-ring (bicyclic) bond motifs is 2. The lowest BCUT2D eigenvalue weighted by Crippen LogP contribution is -2.44. The van der Waals surface area contributed by atoms with E-state index in [0.29, 0.717) is 49.6 Å². The SMILES string of the molecule is O=C1c2ccc(OC3CCN(C(=O)C(F)F)CC3)cc2OCCN1C[C@H](O)CN1CCc2ccccc2C1. The minimum absolute atomic E-state index is 0.203. The highest BCUT2D eigenvalue weighted by Crippen LogP contribution is 2.30. The van der Waals surface area contributed by atoms with Crippen LogP contribution in [0, 0.1) is 0 Å². The number of rotatable bonds is 7. The van der Waals surface area contributed by atoms with E-state index in [1.165, 1.54) is 11.1 Å². The normalized spacial score (nSPS) is 19.4. The first-order valence-corrected chi connectivity index (χ1v) is 13.1. The molecule has 2 aromatic rings. The number of benzene rings is 2. The molecule has 10 heteroatoms. The van der Waals surface area contributed by atoms with Crippen molar-refractivity contribution in [3.8, 4) is 11.5 Å². The number of piperidine rings is 1. The van der Waals surface area contributed by atoms with Gasteiger partial charge >= 0.3 is 6.43 Å². The number of hydrogen-bond donors (Lipinski definition) is 1. The Morgan fingerprint density at radius 1 is 1.05 bits per heavy atom. The number of likely N-dealkylation sites (tertiary alicyclic amines) is 1. The smallest absolute Gasteiger partial charge is 0.315 e. The molecule has 1 N–H and O–H groups in total.